The average molecular weight is 253 g/mol. The van der Waals surface area contributed by atoms with E-state index in [0.29, 0.717) is 12.1 Å². The highest BCUT2D eigenvalue weighted by atomic mass is 16.5. The molecule has 0 aromatic carbocycles. The van der Waals surface area contributed by atoms with Gasteiger partial charge in [-0.3, -0.25) is 0 Å². The van der Waals surface area contributed by atoms with Crippen LogP contribution >= 0.6 is 0 Å². The summed E-state index contributed by atoms with van der Waals surface area (Å²) < 4.78 is 11.8. The van der Waals surface area contributed by atoms with Gasteiger partial charge in [0.15, 0.2) is 0 Å². The molecule has 0 amide bonds. The lowest BCUT2D eigenvalue weighted by Crippen LogP contribution is -2.54. The molecule has 0 aromatic heterocycles. The maximum Gasteiger partial charge on any atom is 0.0697 e. The SMILES string of the molecule is CC1(C)CC(NC2CCOC3(CCC3)C2)CCO1. The Balaban J connectivity index is 1.52. The molecule has 2 heterocycles. The maximum absolute atomic E-state index is 6.00. The molecule has 1 saturated carbocycles. The van der Waals surface area contributed by atoms with Crippen molar-refractivity contribution in [3.05, 3.63) is 0 Å². The quantitative estimate of drug-likeness (QED) is 0.820. The molecule has 3 rings (SSSR count). The van der Waals surface area contributed by atoms with E-state index < -0.39 is 0 Å². The molecule has 1 N–H and O–H groups in total. The standard InChI is InChI=1S/C15H27NO2/c1-14(2)10-12(4-8-17-14)16-13-5-9-18-15(11-13)6-3-7-15/h12-13,16H,3-11H2,1-2H3. The summed E-state index contributed by atoms with van der Waals surface area (Å²) in [5, 5.41) is 3.88. The third kappa shape index (κ3) is 2.73. The number of hydrogen-bond donors (Lipinski definition) is 1. The van der Waals surface area contributed by atoms with Gasteiger partial charge in [-0.2, -0.15) is 0 Å². The molecule has 2 unspecified atom stereocenters. The minimum absolute atomic E-state index is 0.0508. The topological polar surface area (TPSA) is 30.5 Å². The molecule has 2 aliphatic heterocycles. The lowest BCUT2D eigenvalue weighted by atomic mass is 9.73. The molecule has 1 aliphatic carbocycles. The van der Waals surface area contributed by atoms with Crippen LogP contribution in [0.15, 0.2) is 0 Å². The fourth-order valence-corrected chi connectivity index (χ4v) is 3.80. The van der Waals surface area contributed by atoms with Crippen LogP contribution in [0.4, 0.5) is 0 Å². The normalized spacial score (nSPS) is 38.3. The fourth-order valence-electron chi connectivity index (χ4n) is 3.80. The van der Waals surface area contributed by atoms with E-state index in [0.717, 1.165) is 26.1 Å². The number of rotatable bonds is 2. The summed E-state index contributed by atoms with van der Waals surface area (Å²) in [6.07, 6.45) is 8.63. The molecule has 3 nitrogen and oxygen atoms in total. The lowest BCUT2D eigenvalue weighted by molar-refractivity contribution is -0.138. The predicted octanol–water partition coefficient (Wildman–Crippen LogP) is 2.64. The van der Waals surface area contributed by atoms with E-state index in [1.165, 1.54) is 32.1 Å². The second-order valence-electron chi connectivity index (χ2n) is 7.04. The highest BCUT2D eigenvalue weighted by molar-refractivity contribution is 4.97. The molecule has 0 bridgehead atoms. The van der Waals surface area contributed by atoms with Crippen molar-refractivity contribution in [1.82, 2.24) is 5.32 Å². The van der Waals surface area contributed by atoms with Gasteiger partial charge in [0.1, 0.15) is 0 Å². The number of ether oxygens (including phenoxy) is 2. The Kier molecular flexibility index (Phi) is 3.41. The van der Waals surface area contributed by atoms with Gasteiger partial charge in [0.05, 0.1) is 11.2 Å². The Bertz CT molecular complexity index is 299. The van der Waals surface area contributed by atoms with Crippen LogP contribution in [0.2, 0.25) is 0 Å². The van der Waals surface area contributed by atoms with Crippen molar-refractivity contribution in [3.8, 4) is 0 Å². The van der Waals surface area contributed by atoms with Gasteiger partial charge in [0, 0.05) is 25.3 Å². The first-order chi connectivity index (χ1) is 8.57. The Labute approximate surface area is 111 Å². The van der Waals surface area contributed by atoms with E-state index in [-0.39, 0.29) is 11.2 Å². The zero-order valence-electron chi connectivity index (χ0n) is 11.8. The molecular weight excluding hydrogens is 226 g/mol. The van der Waals surface area contributed by atoms with Crippen molar-refractivity contribution in [2.45, 2.75) is 82.1 Å². The zero-order chi connectivity index (χ0) is 12.6. The maximum atomic E-state index is 6.00. The molecule has 18 heavy (non-hydrogen) atoms. The summed E-state index contributed by atoms with van der Waals surface area (Å²) in [6.45, 7) is 6.26. The van der Waals surface area contributed by atoms with Crippen molar-refractivity contribution >= 4 is 0 Å². The Morgan fingerprint density at radius 2 is 1.61 bits per heavy atom. The van der Waals surface area contributed by atoms with Gasteiger partial charge in [0.25, 0.3) is 0 Å². The summed E-state index contributed by atoms with van der Waals surface area (Å²) in [4.78, 5) is 0. The van der Waals surface area contributed by atoms with Crippen LogP contribution in [-0.4, -0.2) is 36.5 Å². The average Bonchev–Trinajstić information content (AvgIpc) is 2.26. The molecule has 2 saturated heterocycles. The van der Waals surface area contributed by atoms with Gasteiger partial charge in [-0.25, -0.2) is 0 Å². The summed E-state index contributed by atoms with van der Waals surface area (Å²) in [6, 6.07) is 1.30. The lowest BCUT2D eigenvalue weighted by Gasteiger charge is -2.48. The molecule has 3 aliphatic rings. The van der Waals surface area contributed by atoms with Crippen LogP contribution in [0.25, 0.3) is 0 Å². The summed E-state index contributed by atoms with van der Waals surface area (Å²) >= 11 is 0. The Hall–Kier alpha value is -0.120. The van der Waals surface area contributed by atoms with Gasteiger partial charge in [-0.1, -0.05) is 0 Å². The largest absolute Gasteiger partial charge is 0.375 e. The van der Waals surface area contributed by atoms with Crippen molar-refractivity contribution in [2.24, 2.45) is 0 Å². The molecule has 0 aromatic rings. The summed E-state index contributed by atoms with van der Waals surface area (Å²) in [5.41, 5.74) is 0.311. The second-order valence-corrected chi connectivity index (χ2v) is 7.04. The molecule has 2 atom stereocenters. The number of hydrogen-bond acceptors (Lipinski definition) is 3. The van der Waals surface area contributed by atoms with E-state index in [9.17, 15) is 0 Å². The predicted molar refractivity (Wildman–Crippen MR) is 71.7 cm³/mol. The monoisotopic (exact) mass is 253 g/mol. The van der Waals surface area contributed by atoms with Crippen LogP contribution < -0.4 is 5.32 Å². The van der Waals surface area contributed by atoms with E-state index in [1.54, 1.807) is 0 Å². The minimum atomic E-state index is 0.0508. The van der Waals surface area contributed by atoms with Gasteiger partial charge in [-0.15, -0.1) is 0 Å². The van der Waals surface area contributed by atoms with Crippen molar-refractivity contribution < 1.29 is 9.47 Å². The van der Waals surface area contributed by atoms with Gasteiger partial charge < -0.3 is 14.8 Å². The van der Waals surface area contributed by atoms with E-state index in [1.807, 2.05) is 0 Å². The van der Waals surface area contributed by atoms with Crippen LogP contribution in [0, 0.1) is 0 Å². The fraction of sp³-hybridized carbons (Fsp3) is 1.00. The van der Waals surface area contributed by atoms with Gasteiger partial charge in [-0.05, 0) is 58.8 Å². The third-order valence-electron chi connectivity index (χ3n) is 4.93. The summed E-state index contributed by atoms with van der Waals surface area (Å²) in [7, 11) is 0. The van der Waals surface area contributed by atoms with Crippen molar-refractivity contribution in [2.75, 3.05) is 13.2 Å². The first-order valence-electron chi connectivity index (χ1n) is 7.61. The van der Waals surface area contributed by atoms with E-state index in [2.05, 4.69) is 19.2 Å². The van der Waals surface area contributed by atoms with Crippen LogP contribution in [0.5, 0.6) is 0 Å². The number of nitrogens with one attached hydrogen (secondary N) is 1. The van der Waals surface area contributed by atoms with E-state index in [4.69, 9.17) is 9.47 Å². The van der Waals surface area contributed by atoms with Crippen LogP contribution in [0.1, 0.15) is 58.8 Å². The Morgan fingerprint density at radius 3 is 2.22 bits per heavy atom. The van der Waals surface area contributed by atoms with E-state index >= 15 is 0 Å². The highest BCUT2D eigenvalue weighted by Crippen LogP contribution is 2.42. The van der Waals surface area contributed by atoms with Gasteiger partial charge >= 0.3 is 0 Å². The molecule has 3 fully saturated rings. The molecule has 1 spiro atoms. The van der Waals surface area contributed by atoms with Crippen molar-refractivity contribution in [1.29, 1.82) is 0 Å². The molecule has 0 radical (unpaired) electrons. The molecule has 104 valence electrons. The first kappa shape index (κ1) is 12.9. The molecular formula is C15H27NO2. The Morgan fingerprint density at radius 1 is 0.944 bits per heavy atom. The minimum Gasteiger partial charge on any atom is -0.375 e. The second kappa shape index (κ2) is 4.77. The third-order valence-corrected chi connectivity index (χ3v) is 4.93. The van der Waals surface area contributed by atoms with Gasteiger partial charge in [0.2, 0.25) is 0 Å². The summed E-state index contributed by atoms with van der Waals surface area (Å²) in [5.74, 6) is 0. The van der Waals surface area contributed by atoms with Crippen molar-refractivity contribution in [3.63, 3.8) is 0 Å². The zero-order valence-corrected chi connectivity index (χ0v) is 11.8. The molecule has 3 heteroatoms. The van der Waals surface area contributed by atoms with Crippen LogP contribution in [-0.2, 0) is 9.47 Å². The smallest absolute Gasteiger partial charge is 0.0697 e. The first-order valence-corrected chi connectivity index (χ1v) is 7.61. The van der Waals surface area contributed by atoms with Crippen LogP contribution in [0.3, 0.4) is 0 Å². The highest BCUT2D eigenvalue weighted by Gasteiger charge is 2.43.